The molecule has 1 heterocycles. The van der Waals surface area contributed by atoms with Gasteiger partial charge < -0.3 is 0 Å². The van der Waals surface area contributed by atoms with Crippen molar-refractivity contribution in [2.24, 2.45) is 5.92 Å². The monoisotopic (exact) mass is 225 g/mol. The normalized spacial score (nSPS) is 17.4. The molecular weight excluding hydrogens is 206 g/mol. The second kappa shape index (κ2) is 4.87. The molecule has 0 radical (unpaired) electrons. The minimum atomic E-state index is 0.886. The molecular formula is C16H19N. The molecule has 1 aliphatic rings. The van der Waals surface area contributed by atoms with Crippen LogP contribution in [-0.2, 0) is 6.42 Å². The molecule has 1 aromatic carbocycles. The van der Waals surface area contributed by atoms with Crippen LogP contribution >= 0.6 is 0 Å². The summed E-state index contributed by atoms with van der Waals surface area (Å²) in [4.78, 5) is 4.38. The molecule has 0 saturated heterocycles. The summed E-state index contributed by atoms with van der Waals surface area (Å²) < 4.78 is 0. The van der Waals surface area contributed by atoms with E-state index < -0.39 is 0 Å². The van der Waals surface area contributed by atoms with Gasteiger partial charge in [0.2, 0.25) is 0 Å². The van der Waals surface area contributed by atoms with Crippen molar-refractivity contribution in [1.29, 1.82) is 0 Å². The van der Waals surface area contributed by atoms with Gasteiger partial charge in [0.15, 0.2) is 0 Å². The highest BCUT2D eigenvalue weighted by atomic mass is 14.6. The summed E-state index contributed by atoms with van der Waals surface area (Å²) in [6, 6.07) is 8.61. The topological polar surface area (TPSA) is 12.9 Å². The Kier molecular flexibility index (Phi) is 3.08. The molecule has 2 aromatic rings. The summed E-state index contributed by atoms with van der Waals surface area (Å²) >= 11 is 0. The third-order valence-electron chi connectivity index (χ3n) is 3.98. The van der Waals surface area contributed by atoms with Crippen molar-refractivity contribution in [2.45, 2.75) is 38.5 Å². The van der Waals surface area contributed by atoms with Crippen LogP contribution in [-0.4, -0.2) is 4.98 Å². The molecule has 0 bridgehead atoms. The van der Waals surface area contributed by atoms with Gasteiger partial charge in [-0.3, -0.25) is 4.98 Å². The Morgan fingerprint density at radius 3 is 2.71 bits per heavy atom. The average Bonchev–Trinajstić information content (AvgIpc) is 2.40. The van der Waals surface area contributed by atoms with E-state index in [1.807, 2.05) is 6.20 Å². The lowest BCUT2D eigenvalue weighted by Crippen LogP contribution is -2.09. The van der Waals surface area contributed by atoms with Crippen LogP contribution in [0.2, 0.25) is 0 Å². The highest BCUT2D eigenvalue weighted by Gasteiger charge is 2.15. The van der Waals surface area contributed by atoms with Gasteiger partial charge in [-0.25, -0.2) is 0 Å². The van der Waals surface area contributed by atoms with Gasteiger partial charge in [0.05, 0.1) is 0 Å². The maximum Gasteiger partial charge on any atom is 0.0346 e. The quantitative estimate of drug-likeness (QED) is 0.740. The van der Waals surface area contributed by atoms with E-state index in [-0.39, 0.29) is 0 Å². The van der Waals surface area contributed by atoms with Crippen molar-refractivity contribution < 1.29 is 0 Å². The maximum atomic E-state index is 4.38. The smallest absolute Gasteiger partial charge is 0.0346 e. The standard InChI is InChI=1S/C16H19N/c1-2-6-13(7-3-1)10-15-12-17-11-14-8-4-5-9-16(14)15/h4-5,8-9,11-13H,1-3,6-7,10H2. The van der Waals surface area contributed by atoms with Crippen LogP contribution in [0.25, 0.3) is 10.8 Å². The third-order valence-corrected chi connectivity index (χ3v) is 3.98. The summed E-state index contributed by atoms with van der Waals surface area (Å²) in [7, 11) is 0. The Bertz CT molecular complexity index is 492. The Morgan fingerprint density at radius 1 is 1.00 bits per heavy atom. The van der Waals surface area contributed by atoms with Gasteiger partial charge in [-0.05, 0) is 23.3 Å². The number of hydrogen-bond acceptors (Lipinski definition) is 1. The number of rotatable bonds is 2. The number of aromatic nitrogens is 1. The van der Waals surface area contributed by atoms with Crippen LogP contribution in [0.15, 0.2) is 36.7 Å². The molecule has 1 aliphatic carbocycles. The van der Waals surface area contributed by atoms with E-state index in [9.17, 15) is 0 Å². The summed E-state index contributed by atoms with van der Waals surface area (Å²) in [6.07, 6.45) is 12.3. The van der Waals surface area contributed by atoms with Gasteiger partial charge in [-0.2, -0.15) is 0 Å². The summed E-state index contributed by atoms with van der Waals surface area (Å²) in [6.45, 7) is 0. The second-order valence-electron chi connectivity index (χ2n) is 5.23. The van der Waals surface area contributed by atoms with Gasteiger partial charge in [0, 0.05) is 17.8 Å². The number of nitrogens with zero attached hydrogens (tertiary/aromatic N) is 1. The molecule has 1 aromatic heterocycles. The maximum absolute atomic E-state index is 4.38. The first kappa shape index (κ1) is 10.8. The third kappa shape index (κ3) is 2.33. The lowest BCUT2D eigenvalue weighted by molar-refractivity contribution is 0.357. The molecule has 0 amide bonds. The highest BCUT2D eigenvalue weighted by Crippen LogP contribution is 2.28. The van der Waals surface area contributed by atoms with Crippen LogP contribution in [0.4, 0.5) is 0 Å². The Labute approximate surface area is 103 Å². The van der Waals surface area contributed by atoms with Crippen LogP contribution in [0.3, 0.4) is 0 Å². The fraction of sp³-hybridized carbons (Fsp3) is 0.438. The van der Waals surface area contributed by atoms with Crippen molar-refractivity contribution in [3.8, 4) is 0 Å². The zero-order chi connectivity index (χ0) is 11.5. The van der Waals surface area contributed by atoms with Crippen molar-refractivity contribution in [3.63, 3.8) is 0 Å². The van der Waals surface area contributed by atoms with E-state index in [0.717, 1.165) is 5.92 Å². The molecule has 88 valence electrons. The molecule has 0 aliphatic heterocycles. The Hall–Kier alpha value is -1.37. The predicted octanol–water partition coefficient (Wildman–Crippen LogP) is 4.36. The van der Waals surface area contributed by atoms with Gasteiger partial charge in [-0.1, -0.05) is 56.4 Å². The molecule has 0 unspecified atom stereocenters. The molecule has 3 rings (SSSR count). The van der Waals surface area contributed by atoms with Crippen molar-refractivity contribution in [3.05, 3.63) is 42.2 Å². The average molecular weight is 225 g/mol. The van der Waals surface area contributed by atoms with Crippen LogP contribution < -0.4 is 0 Å². The van der Waals surface area contributed by atoms with E-state index in [2.05, 4.69) is 35.4 Å². The zero-order valence-electron chi connectivity index (χ0n) is 10.2. The lowest BCUT2D eigenvalue weighted by atomic mass is 9.84. The molecule has 1 fully saturated rings. The summed E-state index contributed by atoms with van der Waals surface area (Å²) in [5.41, 5.74) is 1.44. The number of benzene rings is 1. The fourth-order valence-corrected chi connectivity index (χ4v) is 3.04. The SMILES string of the molecule is c1ccc2c(CC3CCCCC3)cncc2c1. The van der Waals surface area contributed by atoms with Crippen molar-refractivity contribution >= 4 is 10.8 Å². The van der Waals surface area contributed by atoms with E-state index in [1.54, 1.807) is 0 Å². The van der Waals surface area contributed by atoms with Gasteiger partial charge in [-0.15, -0.1) is 0 Å². The van der Waals surface area contributed by atoms with E-state index in [1.165, 1.54) is 54.9 Å². The van der Waals surface area contributed by atoms with E-state index >= 15 is 0 Å². The Morgan fingerprint density at radius 2 is 1.82 bits per heavy atom. The zero-order valence-corrected chi connectivity index (χ0v) is 10.2. The lowest BCUT2D eigenvalue weighted by Gasteiger charge is -2.21. The number of pyridine rings is 1. The fourth-order valence-electron chi connectivity index (χ4n) is 3.04. The van der Waals surface area contributed by atoms with Crippen LogP contribution in [0, 0.1) is 5.92 Å². The van der Waals surface area contributed by atoms with Crippen LogP contribution in [0.5, 0.6) is 0 Å². The van der Waals surface area contributed by atoms with Gasteiger partial charge in [0.25, 0.3) is 0 Å². The minimum absolute atomic E-state index is 0.886. The van der Waals surface area contributed by atoms with Crippen LogP contribution in [0.1, 0.15) is 37.7 Å². The molecule has 0 N–H and O–H groups in total. The summed E-state index contributed by atoms with van der Waals surface area (Å²) in [5, 5.41) is 2.67. The van der Waals surface area contributed by atoms with Crippen molar-refractivity contribution in [2.75, 3.05) is 0 Å². The summed E-state index contributed by atoms with van der Waals surface area (Å²) in [5.74, 6) is 0.886. The van der Waals surface area contributed by atoms with E-state index in [4.69, 9.17) is 0 Å². The number of fused-ring (bicyclic) bond motifs is 1. The number of hydrogen-bond donors (Lipinski definition) is 0. The van der Waals surface area contributed by atoms with Crippen molar-refractivity contribution in [1.82, 2.24) is 4.98 Å². The molecule has 1 nitrogen and oxygen atoms in total. The molecule has 0 atom stereocenters. The minimum Gasteiger partial charge on any atom is -0.264 e. The first-order valence-electron chi connectivity index (χ1n) is 6.75. The Balaban J connectivity index is 1.89. The molecule has 17 heavy (non-hydrogen) atoms. The first-order valence-corrected chi connectivity index (χ1v) is 6.75. The van der Waals surface area contributed by atoms with Gasteiger partial charge >= 0.3 is 0 Å². The van der Waals surface area contributed by atoms with Gasteiger partial charge in [0.1, 0.15) is 0 Å². The predicted molar refractivity (Wildman–Crippen MR) is 72.0 cm³/mol. The second-order valence-corrected chi connectivity index (χ2v) is 5.23. The first-order chi connectivity index (χ1) is 8.43. The largest absolute Gasteiger partial charge is 0.264 e. The molecule has 0 spiro atoms. The molecule has 1 heteroatoms. The van der Waals surface area contributed by atoms with E-state index in [0.29, 0.717) is 0 Å². The highest BCUT2D eigenvalue weighted by molar-refractivity contribution is 5.84. The molecule has 1 saturated carbocycles.